The second kappa shape index (κ2) is 9.07. The Bertz CT molecular complexity index is 437. The molecule has 0 bridgehead atoms. The van der Waals surface area contributed by atoms with Crippen LogP contribution in [0, 0.1) is 0 Å². The Hall–Kier alpha value is -0.593. The quantitative estimate of drug-likeness (QED) is 0.656. The van der Waals surface area contributed by atoms with Crippen molar-refractivity contribution in [2.45, 2.75) is 110 Å². The number of rotatable bonds is 6. The van der Waals surface area contributed by atoms with Crippen LogP contribution in [0.25, 0.3) is 0 Å². The van der Waals surface area contributed by atoms with Gasteiger partial charge in [-0.2, -0.15) is 0 Å². The zero-order valence-electron chi connectivity index (χ0n) is 18.3. The summed E-state index contributed by atoms with van der Waals surface area (Å²) in [5, 5.41) is 10.1. The molecular weight excluding hydrogens is 346 g/mol. The molecule has 6 heteroatoms. The topological polar surface area (TPSA) is 59.0 Å². The molecule has 0 saturated carbocycles. The summed E-state index contributed by atoms with van der Waals surface area (Å²) < 4.78 is 12.3. The molecule has 26 heavy (non-hydrogen) atoms. The Morgan fingerprint density at radius 1 is 1.12 bits per heavy atom. The largest absolute Gasteiger partial charge is 0.444 e. The van der Waals surface area contributed by atoms with Gasteiger partial charge in [-0.15, -0.1) is 0 Å². The monoisotopic (exact) mass is 387 g/mol. The third-order valence-corrected chi connectivity index (χ3v) is 11.6. The lowest BCUT2D eigenvalue weighted by Gasteiger charge is -2.45. The Morgan fingerprint density at radius 3 is 2.04 bits per heavy atom. The molecule has 1 fully saturated rings. The molecule has 1 heterocycles. The van der Waals surface area contributed by atoms with Gasteiger partial charge in [0.15, 0.2) is 8.32 Å². The van der Waals surface area contributed by atoms with Crippen molar-refractivity contribution in [3.05, 3.63) is 0 Å². The Morgan fingerprint density at radius 2 is 1.62 bits per heavy atom. The number of aliphatic hydroxyl groups excluding tert-OH is 1. The number of piperidine rings is 1. The highest BCUT2D eigenvalue weighted by Crippen LogP contribution is 2.42. The van der Waals surface area contributed by atoms with Crippen LogP contribution in [0.5, 0.6) is 0 Å². The van der Waals surface area contributed by atoms with Gasteiger partial charge in [-0.25, -0.2) is 4.79 Å². The number of hydrogen-bond donors (Lipinski definition) is 1. The highest BCUT2D eigenvalue weighted by Gasteiger charge is 2.46. The van der Waals surface area contributed by atoms with Crippen LogP contribution < -0.4 is 0 Å². The third kappa shape index (κ3) is 5.70. The predicted octanol–water partition coefficient (Wildman–Crippen LogP) is 4.94. The van der Waals surface area contributed by atoms with Gasteiger partial charge in [0.05, 0.1) is 18.8 Å². The van der Waals surface area contributed by atoms with E-state index in [1.807, 2.05) is 20.8 Å². The van der Waals surface area contributed by atoms with Crippen molar-refractivity contribution in [3.63, 3.8) is 0 Å². The first-order valence-corrected chi connectivity index (χ1v) is 12.3. The molecule has 2 atom stereocenters. The van der Waals surface area contributed by atoms with Gasteiger partial charge < -0.3 is 19.2 Å². The minimum absolute atomic E-state index is 0.128. The molecule has 0 spiro atoms. The number of carbonyl (C=O) groups excluding carboxylic acids is 1. The number of amides is 1. The van der Waals surface area contributed by atoms with Crippen molar-refractivity contribution in [2.75, 3.05) is 13.2 Å². The van der Waals surface area contributed by atoms with Crippen LogP contribution in [0.1, 0.15) is 75.2 Å². The molecule has 1 N–H and O–H groups in total. The van der Waals surface area contributed by atoms with Crippen molar-refractivity contribution >= 4 is 14.4 Å². The molecule has 1 amide bonds. The first-order chi connectivity index (χ1) is 11.8. The average molecular weight is 388 g/mol. The molecule has 1 aliphatic rings. The fourth-order valence-electron chi connectivity index (χ4n) is 4.49. The van der Waals surface area contributed by atoms with E-state index in [0.29, 0.717) is 42.6 Å². The van der Waals surface area contributed by atoms with Crippen molar-refractivity contribution in [1.29, 1.82) is 0 Å². The summed E-state index contributed by atoms with van der Waals surface area (Å²) in [5.74, 6) is 0. The second-order valence-corrected chi connectivity index (χ2v) is 15.1. The fraction of sp³-hybridized carbons (Fsp3) is 0.950. The second-order valence-electron chi connectivity index (χ2n) is 9.63. The van der Waals surface area contributed by atoms with E-state index in [4.69, 9.17) is 9.16 Å². The van der Waals surface area contributed by atoms with Gasteiger partial charge in [0.1, 0.15) is 5.60 Å². The summed E-state index contributed by atoms with van der Waals surface area (Å²) in [4.78, 5) is 14.4. The number of hydrogen-bond acceptors (Lipinski definition) is 4. The lowest BCUT2D eigenvalue weighted by Crippen LogP contribution is -2.55. The zero-order valence-corrected chi connectivity index (χ0v) is 19.3. The summed E-state index contributed by atoms with van der Waals surface area (Å²) >= 11 is 0. The van der Waals surface area contributed by atoms with Crippen LogP contribution in [0.3, 0.4) is 0 Å². The van der Waals surface area contributed by atoms with Crippen LogP contribution >= 0.6 is 0 Å². The maximum atomic E-state index is 12.6. The lowest BCUT2D eigenvalue weighted by atomic mass is 10.0. The van der Waals surface area contributed by atoms with Crippen molar-refractivity contribution in [1.82, 2.24) is 4.90 Å². The Kier molecular flexibility index (Phi) is 8.17. The average Bonchev–Trinajstić information content (AvgIpc) is 2.44. The van der Waals surface area contributed by atoms with E-state index in [0.717, 1.165) is 0 Å². The van der Waals surface area contributed by atoms with E-state index in [-0.39, 0.29) is 18.2 Å². The summed E-state index contributed by atoms with van der Waals surface area (Å²) in [6.45, 7) is 20.2. The molecule has 0 radical (unpaired) electrons. The molecular formula is C20H41NO4Si. The first kappa shape index (κ1) is 23.4. The third-order valence-electron chi connectivity index (χ3n) is 5.55. The van der Waals surface area contributed by atoms with Crippen LogP contribution in [0.2, 0.25) is 16.6 Å². The van der Waals surface area contributed by atoms with E-state index in [1.165, 1.54) is 0 Å². The minimum atomic E-state index is -2.01. The Balaban J connectivity index is 2.95. The van der Waals surface area contributed by atoms with Crippen molar-refractivity contribution < 1.29 is 19.1 Å². The number of nitrogens with zero attached hydrogens (tertiary/aromatic N) is 1. The summed E-state index contributed by atoms with van der Waals surface area (Å²) in [6, 6.07) is -0.128. The van der Waals surface area contributed by atoms with E-state index in [1.54, 1.807) is 4.90 Å². The number of likely N-dealkylation sites (tertiary alicyclic amines) is 1. The van der Waals surface area contributed by atoms with Crippen molar-refractivity contribution in [2.24, 2.45) is 0 Å². The maximum Gasteiger partial charge on any atom is 0.410 e. The summed E-state index contributed by atoms with van der Waals surface area (Å²) in [7, 11) is -2.01. The van der Waals surface area contributed by atoms with Crippen LogP contribution in [0.15, 0.2) is 0 Å². The van der Waals surface area contributed by atoms with Gasteiger partial charge in [-0.3, -0.25) is 0 Å². The van der Waals surface area contributed by atoms with E-state index in [2.05, 4.69) is 41.5 Å². The number of carbonyl (C=O) groups is 1. The minimum Gasteiger partial charge on any atom is -0.444 e. The standard InChI is InChI=1S/C20H41NO4Si/c1-14(2)26(15(3)4,16(5)6)24-13-17-12-18(22)10-11-21(17)19(23)25-20(7,8)9/h14-18,22H,10-13H2,1-9H3. The molecule has 1 saturated heterocycles. The smallest absolute Gasteiger partial charge is 0.410 e. The van der Waals surface area contributed by atoms with Crippen LogP contribution in [-0.2, 0) is 9.16 Å². The van der Waals surface area contributed by atoms with E-state index in [9.17, 15) is 9.90 Å². The molecule has 0 aromatic rings. The van der Waals surface area contributed by atoms with E-state index >= 15 is 0 Å². The highest BCUT2D eigenvalue weighted by molar-refractivity contribution is 6.77. The molecule has 2 unspecified atom stereocenters. The van der Waals surface area contributed by atoms with Gasteiger partial charge >= 0.3 is 6.09 Å². The molecule has 154 valence electrons. The van der Waals surface area contributed by atoms with E-state index < -0.39 is 13.9 Å². The number of ether oxygens (including phenoxy) is 1. The summed E-state index contributed by atoms with van der Waals surface area (Å²) in [5.41, 5.74) is 0.952. The van der Waals surface area contributed by atoms with Crippen LogP contribution in [0.4, 0.5) is 4.79 Å². The molecule has 5 nitrogen and oxygen atoms in total. The fourth-order valence-corrected chi connectivity index (χ4v) is 9.97. The van der Waals surface area contributed by atoms with Gasteiger partial charge in [-0.05, 0) is 50.2 Å². The van der Waals surface area contributed by atoms with Gasteiger partial charge in [-0.1, -0.05) is 41.5 Å². The molecule has 1 rings (SSSR count). The molecule has 1 aliphatic heterocycles. The normalized spacial score (nSPS) is 22.4. The van der Waals surface area contributed by atoms with Gasteiger partial charge in [0, 0.05) is 6.54 Å². The van der Waals surface area contributed by atoms with Gasteiger partial charge in [0.25, 0.3) is 0 Å². The predicted molar refractivity (Wildman–Crippen MR) is 109 cm³/mol. The van der Waals surface area contributed by atoms with Gasteiger partial charge in [0.2, 0.25) is 0 Å². The first-order valence-electron chi connectivity index (χ1n) is 10.1. The maximum absolute atomic E-state index is 12.6. The zero-order chi connectivity index (χ0) is 20.3. The highest BCUT2D eigenvalue weighted by atomic mass is 28.4. The number of aliphatic hydroxyl groups is 1. The molecule has 0 aliphatic carbocycles. The lowest BCUT2D eigenvalue weighted by molar-refractivity contribution is -0.0175. The van der Waals surface area contributed by atoms with Crippen molar-refractivity contribution in [3.8, 4) is 0 Å². The Labute approximate surface area is 161 Å². The molecule has 0 aromatic carbocycles. The molecule has 0 aromatic heterocycles. The van der Waals surface area contributed by atoms with Crippen LogP contribution in [-0.4, -0.2) is 55.3 Å². The summed E-state index contributed by atoms with van der Waals surface area (Å²) in [6.07, 6.45) is 0.467. The SMILES string of the molecule is CC(C)[Si](OCC1CC(O)CCN1C(=O)OC(C)(C)C)(C(C)C)C(C)C.